The molecule has 2 rings (SSSR count). The summed E-state index contributed by atoms with van der Waals surface area (Å²) in [5, 5.41) is 12.6. The number of rotatable bonds is 2. The number of hydrogen-bond donors (Lipinski definition) is 2. The molecule has 0 radical (unpaired) electrons. The largest absolute Gasteiger partial charge is 0.477 e. The Bertz CT molecular complexity index is 450. The molecule has 0 aromatic carbocycles. The van der Waals surface area contributed by atoms with E-state index in [1.54, 1.807) is 6.20 Å². The fourth-order valence-corrected chi connectivity index (χ4v) is 1.72. The molecule has 5 nitrogen and oxygen atoms in total. The molecule has 0 amide bonds. The summed E-state index contributed by atoms with van der Waals surface area (Å²) in [6.45, 7) is 2.35. The van der Waals surface area contributed by atoms with Gasteiger partial charge in [-0.05, 0) is 6.42 Å². The van der Waals surface area contributed by atoms with Crippen molar-refractivity contribution in [2.45, 2.75) is 13.3 Å². The molecule has 0 spiro atoms. The number of nitrogens with one attached hydrogen (secondary N) is 1. The summed E-state index contributed by atoms with van der Waals surface area (Å²) in [5.74, 6) is -0.455. The minimum absolute atomic E-state index is 0.179. The molecule has 1 aliphatic rings. The number of anilines is 1. The van der Waals surface area contributed by atoms with Crippen molar-refractivity contribution in [3.63, 3.8) is 0 Å². The number of fused-ring (bicyclic) bond motifs is 1. The van der Waals surface area contributed by atoms with Crippen molar-refractivity contribution in [3.8, 4) is 0 Å². The molecule has 80 valence electrons. The topological polar surface area (TPSA) is 67.2 Å². The predicted molar refractivity (Wildman–Crippen MR) is 57.2 cm³/mol. The van der Waals surface area contributed by atoms with Crippen molar-refractivity contribution in [2.75, 3.05) is 11.9 Å². The Labute approximate surface area is 91.4 Å². The van der Waals surface area contributed by atoms with Crippen LogP contribution in [-0.4, -0.2) is 27.2 Å². The number of nitrogens with zero attached hydrogens (tertiary/aromatic N) is 2. The Morgan fingerprint density at radius 1 is 1.80 bits per heavy atom. The summed E-state index contributed by atoms with van der Waals surface area (Å²) in [6, 6.07) is 0. The van der Waals surface area contributed by atoms with Gasteiger partial charge in [0, 0.05) is 6.20 Å². The van der Waals surface area contributed by atoms with Crippen molar-refractivity contribution >= 4 is 29.7 Å². The molecule has 1 aliphatic heterocycles. The molecule has 15 heavy (non-hydrogen) atoms. The number of imidazole rings is 1. The molecule has 1 aromatic rings. The Balaban J connectivity index is 2.62. The van der Waals surface area contributed by atoms with Gasteiger partial charge >= 0.3 is 5.97 Å². The Morgan fingerprint density at radius 2 is 2.53 bits per heavy atom. The van der Waals surface area contributed by atoms with E-state index in [4.69, 9.17) is 16.7 Å². The van der Waals surface area contributed by atoms with E-state index in [2.05, 4.69) is 10.3 Å². The average Bonchev–Trinajstić information content (AvgIpc) is 2.55. The zero-order valence-electron chi connectivity index (χ0n) is 8.12. The number of aromatic carboxylic acids is 1. The first-order valence-corrected chi connectivity index (χ1v) is 4.95. The third-order valence-corrected chi connectivity index (χ3v) is 2.44. The van der Waals surface area contributed by atoms with E-state index in [-0.39, 0.29) is 5.69 Å². The number of carboxylic acids is 1. The highest BCUT2D eigenvalue weighted by atomic mass is 35.5. The fraction of sp³-hybridized carbons (Fsp3) is 0.333. The molecule has 6 heteroatoms. The Kier molecular flexibility index (Phi) is 2.40. The summed E-state index contributed by atoms with van der Waals surface area (Å²) in [6.07, 6.45) is 2.16. The first kappa shape index (κ1) is 10.0. The zero-order chi connectivity index (χ0) is 11.0. The van der Waals surface area contributed by atoms with Gasteiger partial charge in [0.05, 0.1) is 17.3 Å². The number of halogens is 1. The smallest absolute Gasteiger partial charge is 0.354 e. The Hall–Kier alpha value is -1.49. The normalized spacial score (nSPS) is 14.1. The molecule has 2 N–H and O–H groups in total. The third-order valence-electron chi connectivity index (χ3n) is 2.21. The number of carbonyl (C=O) groups is 1. The molecule has 0 fully saturated rings. The van der Waals surface area contributed by atoms with Crippen LogP contribution in [0.25, 0.3) is 6.20 Å². The van der Waals surface area contributed by atoms with Crippen LogP contribution in [-0.2, 0) is 6.42 Å². The van der Waals surface area contributed by atoms with E-state index in [0.29, 0.717) is 29.6 Å². The highest BCUT2D eigenvalue weighted by molar-refractivity contribution is 6.31. The highest BCUT2D eigenvalue weighted by Crippen LogP contribution is 2.23. The lowest BCUT2D eigenvalue weighted by Crippen LogP contribution is -2.15. The van der Waals surface area contributed by atoms with Crippen LogP contribution in [0.2, 0.25) is 0 Å². The molecule has 1 aromatic heterocycles. The van der Waals surface area contributed by atoms with Crippen LogP contribution in [0, 0.1) is 0 Å². The molecule has 0 bridgehead atoms. The summed E-state index contributed by atoms with van der Waals surface area (Å²) in [7, 11) is 0. The quantitative estimate of drug-likeness (QED) is 0.806. The van der Waals surface area contributed by atoms with Crippen LogP contribution in [0.5, 0.6) is 0 Å². The van der Waals surface area contributed by atoms with Gasteiger partial charge < -0.3 is 10.4 Å². The summed E-state index contributed by atoms with van der Waals surface area (Å²) in [5.41, 5.74) is 0.741. The van der Waals surface area contributed by atoms with E-state index >= 15 is 0 Å². The summed E-state index contributed by atoms with van der Waals surface area (Å²) >= 11 is 5.83. The van der Waals surface area contributed by atoms with E-state index in [1.807, 2.05) is 6.92 Å². The summed E-state index contributed by atoms with van der Waals surface area (Å²) < 4.78 is 1.48. The molecular weight excluding hydrogens is 218 g/mol. The van der Waals surface area contributed by atoms with Gasteiger partial charge in [0.25, 0.3) is 0 Å². The second-order valence-corrected chi connectivity index (χ2v) is 3.67. The number of carboxylic acid groups (broad SMARTS) is 1. The van der Waals surface area contributed by atoms with Gasteiger partial charge in [-0.15, -0.1) is 0 Å². The lowest BCUT2D eigenvalue weighted by molar-refractivity contribution is 0.0687. The van der Waals surface area contributed by atoms with Crippen LogP contribution in [0.4, 0.5) is 5.95 Å². The van der Waals surface area contributed by atoms with Crippen LogP contribution >= 0.6 is 11.6 Å². The maximum atomic E-state index is 11.1. The van der Waals surface area contributed by atoms with Crippen molar-refractivity contribution < 1.29 is 9.90 Å². The molecular formula is C9H10ClN3O2. The van der Waals surface area contributed by atoms with E-state index in [0.717, 1.165) is 0 Å². The van der Waals surface area contributed by atoms with Crippen LogP contribution in [0.15, 0.2) is 5.03 Å². The maximum Gasteiger partial charge on any atom is 0.354 e. The van der Waals surface area contributed by atoms with Crippen molar-refractivity contribution in [1.82, 2.24) is 9.55 Å². The first-order chi connectivity index (χ1) is 7.13. The average molecular weight is 228 g/mol. The van der Waals surface area contributed by atoms with Gasteiger partial charge in [-0.2, -0.15) is 0 Å². The standard InChI is InChI=1S/C9H10ClN3O2/c1-2-6-7(8(14)15)13-4-5(10)3-11-9(13)12-6/h4H,2-3H2,1H3,(H,11,12)(H,14,15). The van der Waals surface area contributed by atoms with Crippen molar-refractivity contribution in [2.24, 2.45) is 0 Å². The molecule has 0 saturated heterocycles. The van der Waals surface area contributed by atoms with Gasteiger partial charge in [-0.1, -0.05) is 18.5 Å². The van der Waals surface area contributed by atoms with Crippen LogP contribution < -0.4 is 5.32 Å². The van der Waals surface area contributed by atoms with Gasteiger partial charge in [0.1, 0.15) is 0 Å². The fourth-order valence-electron chi connectivity index (χ4n) is 1.55. The van der Waals surface area contributed by atoms with Crippen molar-refractivity contribution in [3.05, 3.63) is 16.4 Å². The molecule has 0 unspecified atom stereocenters. The number of hydrogen-bond acceptors (Lipinski definition) is 3. The van der Waals surface area contributed by atoms with Gasteiger partial charge in [0.15, 0.2) is 5.69 Å². The Morgan fingerprint density at radius 3 is 3.13 bits per heavy atom. The SMILES string of the molecule is CCc1nc2n(c1C(=O)O)C=C(Cl)CN2. The minimum atomic E-state index is -0.991. The third kappa shape index (κ3) is 1.59. The van der Waals surface area contributed by atoms with Crippen LogP contribution in [0.1, 0.15) is 23.1 Å². The van der Waals surface area contributed by atoms with Gasteiger partial charge in [0.2, 0.25) is 5.95 Å². The lowest BCUT2D eigenvalue weighted by Gasteiger charge is -2.12. The second kappa shape index (κ2) is 3.58. The second-order valence-electron chi connectivity index (χ2n) is 3.19. The molecule has 0 atom stereocenters. The summed E-state index contributed by atoms with van der Waals surface area (Å²) in [4.78, 5) is 15.3. The molecule has 2 heterocycles. The predicted octanol–water partition coefficient (Wildman–Crippen LogP) is 1.61. The monoisotopic (exact) mass is 227 g/mol. The first-order valence-electron chi connectivity index (χ1n) is 4.58. The van der Waals surface area contributed by atoms with Crippen LogP contribution in [0.3, 0.4) is 0 Å². The van der Waals surface area contributed by atoms with Crippen molar-refractivity contribution in [1.29, 1.82) is 0 Å². The van der Waals surface area contributed by atoms with Gasteiger partial charge in [-0.3, -0.25) is 4.57 Å². The lowest BCUT2D eigenvalue weighted by atomic mass is 10.2. The number of aromatic nitrogens is 2. The van der Waals surface area contributed by atoms with E-state index in [9.17, 15) is 4.79 Å². The maximum absolute atomic E-state index is 11.1. The molecule has 0 saturated carbocycles. The zero-order valence-corrected chi connectivity index (χ0v) is 8.88. The number of aryl methyl sites for hydroxylation is 1. The molecule has 0 aliphatic carbocycles. The van der Waals surface area contributed by atoms with E-state index < -0.39 is 5.97 Å². The van der Waals surface area contributed by atoms with E-state index in [1.165, 1.54) is 4.57 Å². The minimum Gasteiger partial charge on any atom is -0.477 e. The van der Waals surface area contributed by atoms with Gasteiger partial charge in [-0.25, -0.2) is 9.78 Å². The highest BCUT2D eigenvalue weighted by Gasteiger charge is 2.22.